The van der Waals surface area contributed by atoms with Crippen LogP contribution in [0.1, 0.15) is 26.2 Å². The minimum Gasteiger partial charge on any atom is -0.352 e. The van der Waals surface area contributed by atoms with Gasteiger partial charge in [0, 0.05) is 56.3 Å². The second kappa shape index (κ2) is 7.73. The number of hydrogen-bond donors (Lipinski definition) is 1. The molecule has 0 atom stereocenters. The number of nitrogens with one attached hydrogen (secondary N) is 1. The molecule has 3 aromatic rings. The summed E-state index contributed by atoms with van der Waals surface area (Å²) in [4.78, 5) is 32.9. The van der Waals surface area contributed by atoms with Crippen molar-refractivity contribution in [1.82, 2.24) is 24.8 Å². The first-order chi connectivity index (χ1) is 13.3. The Morgan fingerprint density at radius 3 is 2.81 bits per heavy atom. The average molecular weight is 364 g/mol. The highest BCUT2D eigenvalue weighted by atomic mass is 16.2. The van der Waals surface area contributed by atoms with Crippen molar-refractivity contribution < 1.29 is 4.79 Å². The molecule has 1 fully saturated rings. The van der Waals surface area contributed by atoms with Gasteiger partial charge in [-0.25, -0.2) is 9.97 Å². The maximum Gasteiger partial charge on any atom is 0.222 e. The summed E-state index contributed by atoms with van der Waals surface area (Å²) in [5.41, 5.74) is 2.82. The van der Waals surface area contributed by atoms with Crippen LogP contribution in [0.25, 0.3) is 22.3 Å². The van der Waals surface area contributed by atoms with Crippen molar-refractivity contribution in [2.24, 2.45) is 0 Å². The van der Waals surface area contributed by atoms with Gasteiger partial charge in [-0.15, -0.1) is 0 Å². The molecule has 0 aliphatic carbocycles. The summed E-state index contributed by atoms with van der Waals surface area (Å²) < 4.78 is 0. The van der Waals surface area contributed by atoms with Crippen LogP contribution in [0.2, 0.25) is 0 Å². The van der Waals surface area contributed by atoms with E-state index in [0.29, 0.717) is 6.42 Å². The molecule has 4 heterocycles. The van der Waals surface area contributed by atoms with Crippen LogP contribution in [0.4, 0.5) is 5.82 Å². The number of amides is 1. The lowest BCUT2D eigenvalue weighted by Gasteiger charge is -2.35. The summed E-state index contributed by atoms with van der Waals surface area (Å²) in [7, 11) is 0. The second-order valence-electron chi connectivity index (χ2n) is 6.86. The molecular formula is C20H24N6O. The van der Waals surface area contributed by atoms with Crippen molar-refractivity contribution in [3.05, 3.63) is 36.9 Å². The third kappa shape index (κ3) is 3.63. The van der Waals surface area contributed by atoms with Crippen molar-refractivity contribution >= 4 is 22.8 Å². The molecule has 0 bridgehead atoms. The van der Waals surface area contributed by atoms with Crippen molar-refractivity contribution in [1.29, 1.82) is 0 Å². The summed E-state index contributed by atoms with van der Waals surface area (Å²) in [6.07, 6.45) is 7.86. The lowest BCUT2D eigenvalue weighted by Crippen LogP contribution is -2.49. The van der Waals surface area contributed by atoms with E-state index in [1.165, 1.54) is 0 Å². The molecule has 1 amide bonds. The minimum atomic E-state index is 0.268. The van der Waals surface area contributed by atoms with E-state index in [-0.39, 0.29) is 5.91 Å². The Kier molecular flexibility index (Phi) is 5.00. The SMILES string of the molecule is CCCCC(=O)N1CCN(c2ncnc3[nH]c(-c4cccnc4)cc23)CC1. The van der Waals surface area contributed by atoms with Gasteiger partial charge in [0.15, 0.2) is 0 Å². The van der Waals surface area contributed by atoms with Gasteiger partial charge in [0.25, 0.3) is 0 Å². The minimum absolute atomic E-state index is 0.268. The zero-order valence-corrected chi connectivity index (χ0v) is 15.6. The Hall–Kier alpha value is -2.96. The van der Waals surface area contributed by atoms with E-state index in [2.05, 4.69) is 37.8 Å². The molecule has 27 heavy (non-hydrogen) atoms. The number of fused-ring (bicyclic) bond motifs is 1. The maximum atomic E-state index is 12.2. The summed E-state index contributed by atoms with van der Waals surface area (Å²) in [6, 6.07) is 6.02. The van der Waals surface area contributed by atoms with Crippen LogP contribution in [-0.2, 0) is 4.79 Å². The highest BCUT2D eigenvalue weighted by Crippen LogP contribution is 2.28. The van der Waals surface area contributed by atoms with Gasteiger partial charge < -0.3 is 14.8 Å². The predicted molar refractivity (Wildman–Crippen MR) is 105 cm³/mol. The van der Waals surface area contributed by atoms with E-state index in [4.69, 9.17) is 0 Å². The first kappa shape index (κ1) is 17.5. The monoisotopic (exact) mass is 364 g/mol. The van der Waals surface area contributed by atoms with Crippen molar-refractivity contribution in [2.45, 2.75) is 26.2 Å². The molecule has 7 heteroatoms. The number of rotatable bonds is 5. The second-order valence-corrected chi connectivity index (χ2v) is 6.86. The van der Waals surface area contributed by atoms with Gasteiger partial charge in [-0.2, -0.15) is 0 Å². The Bertz CT molecular complexity index is 915. The van der Waals surface area contributed by atoms with Crippen molar-refractivity contribution in [2.75, 3.05) is 31.1 Å². The number of piperazine rings is 1. The van der Waals surface area contributed by atoms with Gasteiger partial charge in [0.1, 0.15) is 17.8 Å². The molecule has 0 aromatic carbocycles. The van der Waals surface area contributed by atoms with Gasteiger partial charge in [-0.1, -0.05) is 13.3 Å². The van der Waals surface area contributed by atoms with Gasteiger partial charge in [0.05, 0.1) is 5.39 Å². The van der Waals surface area contributed by atoms with E-state index in [1.807, 2.05) is 23.2 Å². The first-order valence-corrected chi connectivity index (χ1v) is 9.53. The summed E-state index contributed by atoms with van der Waals surface area (Å²) in [5, 5.41) is 1.00. The number of H-pyrrole nitrogens is 1. The molecule has 0 unspecified atom stereocenters. The Labute approximate surface area is 158 Å². The summed E-state index contributed by atoms with van der Waals surface area (Å²) in [5.74, 6) is 1.19. The number of aromatic amines is 1. The lowest BCUT2D eigenvalue weighted by molar-refractivity contribution is -0.131. The van der Waals surface area contributed by atoms with Crippen LogP contribution < -0.4 is 4.90 Å². The average Bonchev–Trinajstić information content (AvgIpc) is 3.17. The molecular weight excluding hydrogens is 340 g/mol. The Balaban J connectivity index is 1.53. The van der Waals surface area contributed by atoms with Crippen LogP contribution in [-0.4, -0.2) is 56.9 Å². The molecule has 0 spiro atoms. The van der Waals surface area contributed by atoms with Crippen LogP contribution >= 0.6 is 0 Å². The molecule has 0 radical (unpaired) electrons. The highest BCUT2D eigenvalue weighted by Gasteiger charge is 2.23. The van der Waals surface area contributed by atoms with Gasteiger partial charge >= 0.3 is 0 Å². The standard InChI is InChI=1S/C20H24N6O/c1-2-3-6-18(27)25-8-10-26(11-9-25)20-16-12-17(15-5-4-7-21-13-15)24-19(16)22-14-23-20/h4-5,7,12-14H,2-3,6,8-11H2,1H3,(H,22,23,24). The largest absolute Gasteiger partial charge is 0.352 e. The molecule has 1 aliphatic heterocycles. The fraction of sp³-hybridized carbons (Fsp3) is 0.400. The Morgan fingerprint density at radius 1 is 1.22 bits per heavy atom. The number of aromatic nitrogens is 4. The molecule has 3 aromatic heterocycles. The fourth-order valence-corrected chi connectivity index (χ4v) is 3.51. The number of unbranched alkanes of at least 4 members (excludes halogenated alkanes) is 1. The van der Waals surface area contributed by atoms with Crippen molar-refractivity contribution in [3.63, 3.8) is 0 Å². The molecule has 1 N–H and O–H groups in total. The number of pyridine rings is 1. The van der Waals surface area contributed by atoms with Gasteiger partial charge in [-0.3, -0.25) is 9.78 Å². The van der Waals surface area contributed by atoms with E-state index in [0.717, 1.165) is 67.1 Å². The normalized spacial score (nSPS) is 14.7. The maximum absolute atomic E-state index is 12.2. The zero-order valence-electron chi connectivity index (χ0n) is 15.6. The molecule has 7 nitrogen and oxygen atoms in total. The molecule has 0 saturated carbocycles. The number of carbonyl (C=O) groups excluding carboxylic acids is 1. The third-order valence-electron chi connectivity index (χ3n) is 5.05. The highest BCUT2D eigenvalue weighted by molar-refractivity contribution is 5.92. The third-order valence-corrected chi connectivity index (χ3v) is 5.05. The van der Waals surface area contributed by atoms with Crippen LogP contribution in [0, 0.1) is 0 Å². The number of carbonyl (C=O) groups is 1. The lowest BCUT2D eigenvalue weighted by atomic mass is 10.2. The van der Waals surface area contributed by atoms with E-state index in [1.54, 1.807) is 12.5 Å². The van der Waals surface area contributed by atoms with Crippen molar-refractivity contribution in [3.8, 4) is 11.3 Å². The smallest absolute Gasteiger partial charge is 0.222 e. The van der Waals surface area contributed by atoms with E-state index in [9.17, 15) is 4.79 Å². The zero-order chi connectivity index (χ0) is 18.6. The van der Waals surface area contributed by atoms with E-state index < -0.39 is 0 Å². The summed E-state index contributed by atoms with van der Waals surface area (Å²) >= 11 is 0. The molecule has 4 rings (SSSR count). The molecule has 1 aliphatic rings. The topological polar surface area (TPSA) is 78.0 Å². The number of hydrogen-bond acceptors (Lipinski definition) is 5. The number of anilines is 1. The van der Waals surface area contributed by atoms with Gasteiger partial charge in [-0.05, 0) is 24.6 Å². The molecule has 140 valence electrons. The fourth-order valence-electron chi connectivity index (χ4n) is 3.51. The Morgan fingerprint density at radius 2 is 2.07 bits per heavy atom. The van der Waals surface area contributed by atoms with Gasteiger partial charge in [0.2, 0.25) is 5.91 Å². The summed E-state index contributed by atoms with van der Waals surface area (Å²) in [6.45, 7) is 5.18. The van der Waals surface area contributed by atoms with Crippen LogP contribution in [0.15, 0.2) is 36.9 Å². The number of nitrogens with zero attached hydrogens (tertiary/aromatic N) is 5. The predicted octanol–water partition coefficient (Wildman–Crippen LogP) is 2.86. The molecule has 1 saturated heterocycles. The van der Waals surface area contributed by atoms with Crippen LogP contribution in [0.3, 0.4) is 0 Å². The quantitative estimate of drug-likeness (QED) is 0.753. The van der Waals surface area contributed by atoms with Crippen LogP contribution in [0.5, 0.6) is 0 Å². The first-order valence-electron chi connectivity index (χ1n) is 9.53. The van der Waals surface area contributed by atoms with E-state index >= 15 is 0 Å².